The van der Waals surface area contributed by atoms with Crippen LogP contribution >= 0.6 is 0 Å². The highest BCUT2D eigenvalue weighted by molar-refractivity contribution is 5.99. The fourth-order valence-corrected chi connectivity index (χ4v) is 3.79. The maximum Gasteiger partial charge on any atom is 0.177 e. The number of fused-ring (bicyclic) bond motifs is 1. The zero-order chi connectivity index (χ0) is 13.4. The summed E-state index contributed by atoms with van der Waals surface area (Å²) in [5.41, 5.74) is 3.19. The number of ketones is 1. The third kappa shape index (κ3) is 2.59. The second kappa shape index (κ2) is 5.09. The Morgan fingerprint density at radius 2 is 1.89 bits per heavy atom. The normalized spacial score (nSPS) is 26.6. The largest absolute Gasteiger partial charge is 0.295 e. The van der Waals surface area contributed by atoms with E-state index in [-0.39, 0.29) is 0 Å². The Balaban J connectivity index is 1.67. The van der Waals surface area contributed by atoms with Crippen molar-refractivity contribution in [3.05, 3.63) is 34.9 Å². The molecule has 2 nitrogen and oxygen atoms in total. The van der Waals surface area contributed by atoms with Gasteiger partial charge in [0.05, 0.1) is 6.54 Å². The van der Waals surface area contributed by atoms with Gasteiger partial charge in [-0.3, -0.25) is 9.69 Å². The van der Waals surface area contributed by atoms with Crippen LogP contribution in [0.1, 0.15) is 40.7 Å². The monoisotopic (exact) mass is 257 g/mol. The van der Waals surface area contributed by atoms with Gasteiger partial charge in [-0.1, -0.05) is 24.1 Å². The SMILES string of the molecule is Cc1ccc(C)c(C(=O)CN2CC3CCCC3C2)c1. The number of hydrogen-bond acceptors (Lipinski definition) is 2. The molecule has 1 saturated carbocycles. The minimum absolute atomic E-state index is 0.293. The Morgan fingerprint density at radius 3 is 2.58 bits per heavy atom. The highest BCUT2D eigenvalue weighted by Crippen LogP contribution is 2.37. The molecule has 2 atom stereocenters. The first kappa shape index (κ1) is 12.9. The molecule has 1 aliphatic carbocycles. The first-order valence-electron chi connectivity index (χ1n) is 7.46. The molecule has 2 fully saturated rings. The van der Waals surface area contributed by atoms with Gasteiger partial charge in [0.2, 0.25) is 0 Å². The molecule has 0 radical (unpaired) electrons. The number of benzene rings is 1. The third-order valence-corrected chi connectivity index (χ3v) is 4.86. The molecule has 0 spiro atoms. The molecule has 0 amide bonds. The van der Waals surface area contributed by atoms with Crippen LogP contribution in [0, 0.1) is 25.7 Å². The number of hydrogen-bond donors (Lipinski definition) is 0. The lowest BCUT2D eigenvalue weighted by Crippen LogP contribution is -2.29. The summed E-state index contributed by atoms with van der Waals surface area (Å²) in [6.45, 7) is 6.97. The first-order valence-corrected chi connectivity index (χ1v) is 7.46. The fourth-order valence-electron chi connectivity index (χ4n) is 3.79. The van der Waals surface area contributed by atoms with Crippen molar-refractivity contribution in [1.29, 1.82) is 0 Å². The van der Waals surface area contributed by atoms with Gasteiger partial charge in [-0.15, -0.1) is 0 Å². The smallest absolute Gasteiger partial charge is 0.177 e. The van der Waals surface area contributed by atoms with E-state index >= 15 is 0 Å². The lowest BCUT2D eigenvalue weighted by Gasteiger charge is -2.16. The van der Waals surface area contributed by atoms with E-state index in [4.69, 9.17) is 0 Å². The number of aryl methyl sites for hydroxylation is 2. The average molecular weight is 257 g/mol. The maximum atomic E-state index is 12.5. The molecule has 2 aliphatic rings. The molecule has 2 unspecified atom stereocenters. The molecule has 0 bridgehead atoms. The van der Waals surface area contributed by atoms with Gasteiger partial charge >= 0.3 is 0 Å². The molecule has 2 heteroatoms. The van der Waals surface area contributed by atoms with Crippen molar-refractivity contribution in [2.75, 3.05) is 19.6 Å². The molecular formula is C17H23NO. The van der Waals surface area contributed by atoms with Gasteiger partial charge in [-0.05, 0) is 50.2 Å². The molecule has 102 valence electrons. The molecule has 1 aromatic carbocycles. The summed E-state index contributed by atoms with van der Waals surface area (Å²) in [7, 11) is 0. The third-order valence-electron chi connectivity index (χ3n) is 4.86. The van der Waals surface area contributed by atoms with Gasteiger partial charge in [0, 0.05) is 18.7 Å². The molecule has 1 saturated heterocycles. The van der Waals surface area contributed by atoms with Crippen LogP contribution < -0.4 is 0 Å². The molecule has 1 heterocycles. The molecule has 1 aromatic rings. The Kier molecular flexibility index (Phi) is 3.44. The molecular weight excluding hydrogens is 234 g/mol. The Morgan fingerprint density at radius 1 is 1.21 bits per heavy atom. The summed E-state index contributed by atoms with van der Waals surface area (Å²) in [6.07, 6.45) is 4.14. The average Bonchev–Trinajstić information content (AvgIpc) is 2.92. The minimum Gasteiger partial charge on any atom is -0.295 e. The van der Waals surface area contributed by atoms with E-state index in [1.807, 2.05) is 13.0 Å². The van der Waals surface area contributed by atoms with Gasteiger partial charge in [-0.2, -0.15) is 0 Å². The Labute approximate surface area is 115 Å². The summed E-state index contributed by atoms with van der Waals surface area (Å²) in [6, 6.07) is 6.17. The van der Waals surface area contributed by atoms with E-state index in [9.17, 15) is 4.79 Å². The molecule has 19 heavy (non-hydrogen) atoms. The second-order valence-electron chi connectivity index (χ2n) is 6.39. The van der Waals surface area contributed by atoms with Crippen molar-refractivity contribution in [2.45, 2.75) is 33.1 Å². The van der Waals surface area contributed by atoms with Crippen LogP contribution in [0.25, 0.3) is 0 Å². The van der Waals surface area contributed by atoms with Crippen LogP contribution in [0.2, 0.25) is 0 Å². The number of rotatable bonds is 3. The lowest BCUT2D eigenvalue weighted by atomic mass is 10.0. The van der Waals surface area contributed by atoms with Gasteiger partial charge in [0.25, 0.3) is 0 Å². The standard InChI is InChI=1S/C17H23NO/c1-12-6-7-13(2)16(8-12)17(19)11-18-9-14-4-3-5-15(14)10-18/h6-8,14-15H,3-5,9-11H2,1-2H3. The summed E-state index contributed by atoms with van der Waals surface area (Å²) in [5.74, 6) is 2.03. The van der Waals surface area contributed by atoms with Crippen LogP contribution in [0.3, 0.4) is 0 Å². The van der Waals surface area contributed by atoms with Crippen LogP contribution in [0.15, 0.2) is 18.2 Å². The predicted molar refractivity (Wildman–Crippen MR) is 77.5 cm³/mol. The lowest BCUT2D eigenvalue weighted by molar-refractivity contribution is 0.0940. The highest BCUT2D eigenvalue weighted by atomic mass is 16.1. The Bertz CT molecular complexity index is 482. The molecule has 1 aliphatic heterocycles. The summed E-state index contributed by atoms with van der Waals surface area (Å²) in [5, 5.41) is 0. The van der Waals surface area contributed by atoms with Crippen LogP contribution in [0.4, 0.5) is 0 Å². The number of likely N-dealkylation sites (tertiary alicyclic amines) is 1. The predicted octanol–water partition coefficient (Wildman–Crippen LogP) is 3.22. The highest BCUT2D eigenvalue weighted by Gasteiger charge is 2.36. The zero-order valence-corrected chi connectivity index (χ0v) is 12.0. The van der Waals surface area contributed by atoms with E-state index in [2.05, 4.69) is 24.0 Å². The Hall–Kier alpha value is -1.15. The van der Waals surface area contributed by atoms with E-state index in [0.29, 0.717) is 12.3 Å². The van der Waals surface area contributed by atoms with E-state index in [1.54, 1.807) is 0 Å². The van der Waals surface area contributed by atoms with E-state index in [1.165, 1.54) is 24.8 Å². The van der Waals surface area contributed by atoms with Crippen molar-refractivity contribution in [2.24, 2.45) is 11.8 Å². The molecule has 0 N–H and O–H groups in total. The van der Waals surface area contributed by atoms with E-state index < -0.39 is 0 Å². The second-order valence-corrected chi connectivity index (χ2v) is 6.39. The summed E-state index contributed by atoms with van der Waals surface area (Å²) in [4.78, 5) is 14.8. The van der Waals surface area contributed by atoms with Gasteiger partial charge in [0.15, 0.2) is 5.78 Å². The van der Waals surface area contributed by atoms with Crippen molar-refractivity contribution in [1.82, 2.24) is 4.90 Å². The fraction of sp³-hybridized carbons (Fsp3) is 0.588. The van der Waals surface area contributed by atoms with Gasteiger partial charge in [-0.25, -0.2) is 0 Å². The number of carbonyl (C=O) groups excluding carboxylic acids is 1. The maximum absolute atomic E-state index is 12.5. The van der Waals surface area contributed by atoms with E-state index in [0.717, 1.165) is 36.1 Å². The summed E-state index contributed by atoms with van der Waals surface area (Å²) >= 11 is 0. The number of nitrogens with zero attached hydrogens (tertiary/aromatic N) is 1. The quantitative estimate of drug-likeness (QED) is 0.775. The number of Topliss-reactive ketones (excluding diaryl/α,β-unsaturated/α-hetero) is 1. The topological polar surface area (TPSA) is 20.3 Å². The summed E-state index contributed by atoms with van der Waals surface area (Å²) < 4.78 is 0. The van der Waals surface area contributed by atoms with Gasteiger partial charge in [0.1, 0.15) is 0 Å². The van der Waals surface area contributed by atoms with Crippen LogP contribution in [-0.2, 0) is 0 Å². The molecule has 0 aromatic heterocycles. The van der Waals surface area contributed by atoms with Crippen molar-refractivity contribution in [3.63, 3.8) is 0 Å². The van der Waals surface area contributed by atoms with Crippen LogP contribution in [-0.4, -0.2) is 30.3 Å². The van der Waals surface area contributed by atoms with Crippen molar-refractivity contribution in [3.8, 4) is 0 Å². The first-order chi connectivity index (χ1) is 9.13. The molecule has 3 rings (SSSR count). The minimum atomic E-state index is 0.293. The van der Waals surface area contributed by atoms with Crippen molar-refractivity contribution >= 4 is 5.78 Å². The number of carbonyl (C=O) groups is 1. The van der Waals surface area contributed by atoms with Gasteiger partial charge < -0.3 is 0 Å². The zero-order valence-electron chi connectivity index (χ0n) is 12.0. The van der Waals surface area contributed by atoms with Crippen molar-refractivity contribution < 1.29 is 4.79 Å². The van der Waals surface area contributed by atoms with Crippen LogP contribution in [0.5, 0.6) is 0 Å².